The molecule has 0 aromatic rings. The third-order valence-corrected chi connectivity index (χ3v) is 9.20. The summed E-state index contributed by atoms with van der Waals surface area (Å²) < 4.78 is 17.1. The number of allylic oxidation sites excluding steroid dienone is 22. The van der Waals surface area contributed by atoms with Crippen LogP contribution in [0.15, 0.2) is 134 Å². The Labute approximate surface area is 369 Å². The molecule has 0 aromatic carbocycles. The van der Waals surface area contributed by atoms with Gasteiger partial charge in [-0.05, 0) is 103 Å². The molecule has 0 N–H and O–H groups in total. The van der Waals surface area contributed by atoms with Crippen LogP contribution in [-0.4, -0.2) is 37.9 Å². The van der Waals surface area contributed by atoms with Gasteiger partial charge in [0.15, 0.2) is 6.10 Å². The highest BCUT2D eigenvalue weighted by atomic mass is 16.6. The predicted molar refractivity (Wildman–Crippen MR) is 260 cm³/mol. The van der Waals surface area contributed by atoms with Crippen molar-refractivity contribution in [3.63, 3.8) is 0 Å². The lowest BCUT2D eigenvalue weighted by Gasteiger charge is -2.18. The van der Waals surface area contributed by atoms with Crippen molar-refractivity contribution in [3.05, 3.63) is 134 Å². The van der Waals surface area contributed by atoms with Crippen LogP contribution in [0.25, 0.3) is 0 Å². The third-order valence-electron chi connectivity index (χ3n) is 9.20. The number of carbonyl (C=O) groups excluding carboxylic acids is 2. The van der Waals surface area contributed by atoms with Gasteiger partial charge in [-0.2, -0.15) is 0 Å². The first-order valence-corrected chi connectivity index (χ1v) is 23.7. The molecule has 0 amide bonds. The van der Waals surface area contributed by atoms with Crippen LogP contribution in [0.1, 0.15) is 175 Å². The van der Waals surface area contributed by atoms with Crippen molar-refractivity contribution in [1.29, 1.82) is 0 Å². The highest BCUT2D eigenvalue weighted by Gasteiger charge is 2.17. The maximum atomic E-state index is 12.6. The van der Waals surface area contributed by atoms with Crippen LogP contribution in [0.5, 0.6) is 0 Å². The number of carbonyl (C=O) groups is 2. The van der Waals surface area contributed by atoms with E-state index in [2.05, 4.69) is 148 Å². The number of unbranched alkanes of at least 4 members (excludes halogenated alkanes) is 8. The minimum Gasteiger partial charge on any atom is -0.462 e. The zero-order chi connectivity index (χ0) is 43.5. The Hall–Kier alpha value is -3.96. The largest absolute Gasteiger partial charge is 0.462 e. The maximum Gasteiger partial charge on any atom is 0.306 e. The Morgan fingerprint density at radius 3 is 1.25 bits per heavy atom. The Bertz CT molecular complexity index is 1300. The van der Waals surface area contributed by atoms with Gasteiger partial charge in [0.2, 0.25) is 0 Å². The van der Waals surface area contributed by atoms with E-state index in [1.807, 2.05) is 6.08 Å². The molecular weight excluding hydrogens is 741 g/mol. The van der Waals surface area contributed by atoms with E-state index >= 15 is 0 Å². The fraction of sp³-hybridized carbons (Fsp3) is 0.564. The van der Waals surface area contributed by atoms with Crippen LogP contribution < -0.4 is 0 Å². The van der Waals surface area contributed by atoms with E-state index in [4.69, 9.17) is 14.2 Å². The first-order valence-electron chi connectivity index (χ1n) is 23.7. The lowest BCUT2D eigenvalue weighted by atomic mass is 10.1. The van der Waals surface area contributed by atoms with E-state index in [-0.39, 0.29) is 25.2 Å². The second-order valence-electron chi connectivity index (χ2n) is 14.9. The predicted octanol–water partition coefficient (Wildman–Crippen LogP) is 16.0. The van der Waals surface area contributed by atoms with E-state index in [0.717, 1.165) is 122 Å². The fourth-order valence-electron chi connectivity index (χ4n) is 5.74. The monoisotopic (exact) mass is 827 g/mol. The first kappa shape index (κ1) is 56.0. The number of hydrogen-bond donors (Lipinski definition) is 0. The topological polar surface area (TPSA) is 61.8 Å². The summed E-state index contributed by atoms with van der Waals surface area (Å²) in [6.07, 6.45) is 70.7. The van der Waals surface area contributed by atoms with Crippen LogP contribution in [0.3, 0.4) is 0 Å². The minimum atomic E-state index is -0.585. The Morgan fingerprint density at radius 1 is 0.383 bits per heavy atom. The van der Waals surface area contributed by atoms with Crippen molar-refractivity contribution in [2.75, 3.05) is 19.8 Å². The van der Waals surface area contributed by atoms with E-state index in [1.54, 1.807) is 0 Å². The van der Waals surface area contributed by atoms with Gasteiger partial charge in [0.05, 0.1) is 6.61 Å². The lowest BCUT2D eigenvalue weighted by Crippen LogP contribution is -2.30. The average molecular weight is 827 g/mol. The zero-order valence-corrected chi connectivity index (χ0v) is 38.4. The standard InChI is InChI=1S/C55H86O5/c1-4-7-10-13-15-17-19-21-23-25-27-29-31-33-35-37-39-41-44-47-50-58-51-53(60-55(57)49-46-42-12-9-6-3)52-59-54(56)48-45-43-40-38-36-34-32-30-28-26-24-22-20-18-16-14-11-8-5-2/h7-8,10-11,15-18,21-24,27-30,33-36,40,43,53H,4-6,9,12-14,19-20,25-26,31-32,37-39,41-42,44-52H2,1-3H3/b10-7-,11-8-,17-15-,18-16-,23-21-,24-22-,29-27-,30-28-,35-33-,36-34-,43-40-. The van der Waals surface area contributed by atoms with Crippen molar-refractivity contribution >= 4 is 11.9 Å². The molecule has 0 aliphatic heterocycles. The number of esters is 2. The van der Waals surface area contributed by atoms with E-state index in [1.165, 1.54) is 12.8 Å². The molecule has 0 radical (unpaired) electrons. The van der Waals surface area contributed by atoms with Crippen LogP contribution in [0.2, 0.25) is 0 Å². The second kappa shape index (κ2) is 49.4. The van der Waals surface area contributed by atoms with Gasteiger partial charge < -0.3 is 14.2 Å². The van der Waals surface area contributed by atoms with Crippen molar-refractivity contribution in [2.24, 2.45) is 0 Å². The first-order chi connectivity index (χ1) is 29.6. The molecule has 1 atom stereocenters. The van der Waals surface area contributed by atoms with E-state index < -0.39 is 6.10 Å². The number of rotatable bonds is 41. The van der Waals surface area contributed by atoms with Gasteiger partial charge in [0, 0.05) is 19.4 Å². The molecule has 0 aromatic heterocycles. The summed E-state index contributed by atoms with van der Waals surface area (Å²) in [7, 11) is 0. The molecule has 5 nitrogen and oxygen atoms in total. The summed E-state index contributed by atoms with van der Waals surface area (Å²) >= 11 is 0. The Balaban J connectivity index is 4.25. The lowest BCUT2D eigenvalue weighted by molar-refractivity contribution is -0.162. The van der Waals surface area contributed by atoms with Crippen molar-refractivity contribution in [3.8, 4) is 0 Å². The van der Waals surface area contributed by atoms with Crippen molar-refractivity contribution in [1.82, 2.24) is 0 Å². The van der Waals surface area contributed by atoms with Gasteiger partial charge in [-0.25, -0.2) is 0 Å². The summed E-state index contributed by atoms with van der Waals surface area (Å²) in [6.45, 7) is 7.35. The second-order valence-corrected chi connectivity index (χ2v) is 14.9. The van der Waals surface area contributed by atoms with Gasteiger partial charge in [-0.3, -0.25) is 9.59 Å². The van der Waals surface area contributed by atoms with Gasteiger partial charge in [-0.15, -0.1) is 0 Å². The molecule has 0 spiro atoms. The van der Waals surface area contributed by atoms with Crippen LogP contribution in [0, 0.1) is 0 Å². The summed E-state index contributed by atoms with van der Waals surface area (Å²) in [6, 6.07) is 0. The molecule has 5 heteroatoms. The number of ether oxygens (including phenoxy) is 3. The molecule has 336 valence electrons. The SMILES string of the molecule is CC/C=C\C/C=C\C/C=C\C/C=C\C/C=C\C/C=C\CCC(=O)OCC(COCCCCCC/C=C\C/C=C\C/C=C\C/C=C\C/C=C\CC)OC(=O)CCCCCCC. The normalized spacial score (nSPS) is 13.4. The molecule has 0 aliphatic rings. The minimum absolute atomic E-state index is 0.0252. The van der Waals surface area contributed by atoms with Gasteiger partial charge in [0.1, 0.15) is 6.61 Å². The van der Waals surface area contributed by atoms with Crippen molar-refractivity contribution in [2.45, 2.75) is 181 Å². The van der Waals surface area contributed by atoms with Crippen LogP contribution in [0.4, 0.5) is 0 Å². The smallest absolute Gasteiger partial charge is 0.306 e. The molecular formula is C55H86O5. The van der Waals surface area contributed by atoms with Gasteiger partial charge in [0.25, 0.3) is 0 Å². The fourth-order valence-corrected chi connectivity index (χ4v) is 5.74. The van der Waals surface area contributed by atoms with E-state index in [0.29, 0.717) is 25.9 Å². The maximum absolute atomic E-state index is 12.6. The summed E-state index contributed by atoms with van der Waals surface area (Å²) in [5, 5.41) is 0. The molecule has 0 saturated carbocycles. The summed E-state index contributed by atoms with van der Waals surface area (Å²) in [5.74, 6) is -0.535. The average Bonchev–Trinajstić information content (AvgIpc) is 3.25. The van der Waals surface area contributed by atoms with E-state index in [9.17, 15) is 9.59 Å². The quantitative estimate of drug-likeness (QED) is 0.0349. The molecule has 0 saturated heterocycles. The summed E-state index contributed by atoms with van der Waals surface area (Å²) in [5.41, 5.74) is 0. The molecule has 0 aliphatic carbocycles. The van der Waals surface area contributed by atoms with Gasteiger partial charge >= 0.3 is 11.9 Å². The molecule has 0 rings (SSSR count). The number of hydrogen-bond acceptors (Lipinski definition) is 5. The molecule has 1 unspecified atom stereocenters. The highest BCUT2D eigenvalue weighted by molar-refractivity contribution is 5.70. The third kappa shape index (κ3) is 46.7. The zero-order valence-electron chi connectivity index (χ0n) is 38.4. The van der Waals surface area contributed by atoms with Gasteiger partial charge in [-0.1, -0.05) is 193 Å². The Morgan fingerprint density at radius 2 is 0.783 bits per heavy atom. The van der Waals surface area contributed by atoms with Crippen molar-refractivity contribution < 1.29 is 23.8 Å². The molecule has 60 heavy (non-hydrogen) atoms. The highest BCUT2D eigenvalue weighted by Crippen LogP contribution is 2.10. The van der Waals surface area contributed by atoms with Crippen LogP contribution >= 0.6 is 0 Å². The molecule has 0 bridgehead atoms. The molecule has 0 heterocycles. The summed E-state index contributed by atoms with van der Waals surface area (Å²) in [4.78, 5) is 25.0. The Kier molecular flexibility index (Phi) is 46.1. The van der Waals surface area contributed by atoms with Crippen LogP contribution in [-0.2, 0) is 23.8 Å². The molecule has 0 fully saturated rings.